The number of carbonyl (C=O) groups excluding carboxylic acids is 1. The molecule has 3 N–H and O–H groups in total. The number of hydroxylamine groups is 1. The predicted octanol–water partition coefficient (Wildman–Crippen LogP) is 1.84. The van der Waals surface area contributed by atoms with Crippen molar-refractivity contribution in [2.24, 2.45) is 7.05 Å². The number of nitrogens with zero attached hydrogens (tertiary/aromatic N) is 4. The molecule has 0 radical (unpaired) electrons. The smallest absolute Gasteiger partial charge is 0.295 e. The number of hydrogen-bond acceptors (Lipinski definition) is 6. The third-order valence-electron chi connectivity index (χ3n) is 4.23. The van der Waals surface area contributed by atoms with Gasteiger partial charge in [-0.2, -0.15) is 5.10 Å². The molecule has 1 amide bonds. The number of hydrogen-bond donors (Lipinski definition) is 3. The maximum Gasteiger partial charge on any atom is 0.295 e. The van der Waals surface area contributed by atoms with E-state index < -0.39 is 5.91 Å². The quantitative estimate of drug-likeness (QED) is 0.498. The van der Waals surface area contributed by atoms with Gasteiger partial charge in [0.2, 0.25) is 5.95 Å². The Labute approximate surface area is 143 Å². The number of para-hydroxylation sites is 1. The number of carbonyl (C=O) groups is 1. The van der Waals surface area contributed by atoms with Gasteiger partial charge in [-0.3, -0.25) is 14.7 Å². The van der Waals surface area contributed by atoms with Gasteiger partial charge in [-0.25, -0.2) is 15.4 Å². The molecule has 0 aliphatic heterocycles. The van der Waals surface area contributed by atoms with Crippen molar-refractivity contribution in [2.45, 2.75) is 12.8 Å². The fraction of sp³-hybridized carbons (Fsp3) is 0.176. The highest BCUT2D eigenvalue weighted by Crippen LogP contribution is 2.34. The molecule has 1 aliphatic rings. The molecule has 1 aliphatic carbocycles. The van der Waals surface area contributed by atoms with Crippen molar-refractivity contribution < 1.29 is 10.0 Å². The van der Waals surface area contributed by atoms with Gasteiger partial charge >= 0.3 is 0 Å². The lowest BCUT2D eigenvalue weighted by Gasteiger charge is -2.17. The Morgan fingerprint density at radius 3 is 2.80 bits per heavy atom. The lowest BCUT2D eigenvalue weighted by molar-refractivity contribution is 0.0699. The fourth-order valence-electron chi connectivity index (χ4n) is 3.10. The van der Waals surface area contributed by atoms with Crippen molar-refractivity contribution in [1.29, 1.82) is 0 Å². The van der Waals surface area contributed by atoms with Gasteiger partial charge in [0.15, 0.2) is 5.69 Å². The van der Waals surface area contributed by atoms with Crippen LogP contribution in [-0.4, -0.2) is 30.9 Å². The van der Waals surface area contributed by atoms with Crippen LogP contribution in [0.5, 0.6) is 0 Å². The van der Waals surface area contributed by atoms with Gasteiger partial charge in [-0.15, -0.1) is 0 Å². The number of anilines is 2. The summed E-state index contributed by atoms with van der Waals surface area (Å²) in [5.41, 5.74) is 6.08. The van der Waals surface area contributed by atoms with Gasteiger partial charge in [0.05, 0.1) is 11.4 Å². The maximum absolute atomic E-state index is 11.8. The first kappa shape index (κ1) is 15.3. The van der Waals surface area contributed by atoms with Gasteiger partial charge < -0.3 is 5.32 Å². The van der Waals surface area contributed by atoms with E-state index in [1.807, 2.05) is 30.3 Å². The Kier molecular flexibility index (Phi) is 3.66. The second-order valence-corrected chi connectivity index (χ2v) is 5.80. The van der Waals surface area contributed by atoms with Crippen molar-refractivity contribution in [2.75, 3.05) is 5.32 Å². The minimum atomic E-state index is -0.614. The molecule has 0 bridgehead atoms. The van der Waals surface area contributed by atoms with Crippen LogP contribution in [0, 0.1) is 0 Å². The van der Waals surface area contributed by atoms with E-state index in [1.54, 1.807) is 23.4 Å². The fourth-order valence-corrected chi connectivity index (χ4v) is 3.10. The van der Waals surface area contributed by atoms with Crippen LogP contribution < -0.4 is 10.8 Å². The molecule has 3 aromatic rings. The lowest BCUT2D eigenvalue weighted by Crippen LogP contribution is -2.21. The summed E-state index contributed by atoms with van der Waals surface area (Å²) < 4.78 is 1.62. The zero-order valence-electron chi connectivity index (χ0n) is 13.5. The molecule has 0 fully saturated rings. The second kappa shape index (κ2) is 5.99. The molecule has 8 nitrogen and oxygen atoms in total. The van der Waals surface area contributed by atoms with Crippen LogP contribution in [0.3, 0.4) is 0 Å². The van der Waals surface area contributed by atoms with Gasteiger partial charge in [0.25, 0.3) is 5.91 Å². The topological polar surface area (TPSA) is 105 Å². The van der Waals surface area contributed by atoms with Crippen LogP contribution in [-0.2, 0) is 19.9 Å². The first-order valence-corrected chi connectivity index (χ1v) is 7.86. The second-order valence-electron chi connectivity index (χ2n) is 5.80. The molecule has 0 saturated heterocycles. The van der Waals surface area contributed by atoms with Crippen LogP contribution >= 0.6 is 0 Å². The molecule has 0 unspecified atom stereocenters. The Morgan fingerprint density at radius 2 is 2.04 bits per heavy atom. The maximum atomic E-state index is 11.8. The summed E-state index contributed by atoms with van der Waals surface area (Å²) in [4.78, 5) is 20.8. The number of nitrogens with one attached hydrogen (secondary N) is 2. The van der Waals surface area contributed by atoms with E-state index in [9.17, 15) is 4.79 Å². The van der Waals surface area contributed by atoms with Crippen molar-refractivity contribution in [1.82, 2.24) is 25.2 Å². The van der Waals surface area contributed by atoms with E-state index in [-0.39, 0.29) is 5.69 Å². The lowest BCUT2D eigenvalue weighted by atomic mass is 9.93. The normalized spacial score (nSPS) is 12.2. The number of benzene rings is 1. The van der Waals surface area contributed by atoms with Crippen molar-refractivity contribution in [3.63, 3.8) is 0 Å². The Morgan fingerprint density at radius 1 is 1.24 bits per heavy atom. The summed E-state index contributed by atoms with van der Waals surface area (Å²) in [5.74, 6) is -0.135. The van der Waals surface area contributed by atoms with E-state index in [2.05, 4.69) is 20.4 Å². The van der Waals surface area contributed by atoms with E-state index >= 15 is 0 Å². The highest BCUT2D eigenvalue weighted by molar-refractivity contribution is 5.95. The molecular weight excluding hydrogens is 320 g/mol. The van der Waals surface area contributed by atoms with Crippen LogP contribution in [0.4, 0.5) is 11.6 Å². The molecule has 25 heavy (non-hydrogen) atoms. The Balaban J connectivity index is 1.77. The summed E-state index contributed by atoms with van der Waals surface area (Å²) in [6.45, 7) is 0. The van der Waals surface area contributed by atoms with Gasteiger partial charge in [-0.05, 0) is 30.5 Å². The summed E-state index contributed by atoms with van der Waals surface area (Å²) in [6, 6.07) is 9.66. The van der Waals surface area contributed by atoms with Crippen LogP contribution in [0.2, 0.25) is 0 Å². The highest BCUT2D eigenvalue weighted by atomic mass is 16.5. The van der Waals surface area contributed by atoms with E-state index in [0.717, 1.165) is 28.2 Å². The standard InChI is InChI=1S/C17H16N6O2/c1-23-15-12(14(21-23)16(24)22-25)8-7-10-9-18-17(20-13(10)15)19-11-5-3-2-4-6-11/h2-6,9,25H,7-8H2,1H3,(H,22,24)(H,18,19,20). The molecular formula is C17H16N6O2. The van der Waals surface area contributed by atoms with Crippen LogP contribution in [0.25, 0.3) is 11.4 Å². The van der Waals surface area contributed by atoms with Crippen LogP contribution in [0.15, 0.2) is 36.5 Å². The summed E-state index contributed by atoms with van der Waals surface area (Å²) >= 11 is 0. The van der Waals surface area contributed by atoms with Crippen molar-refractivity contribution in [3.8, 4) is 11.4 Å². The zero-order chi connectivity index (χ0) is 17.4. The molecule has 8 heteroatoms. The first-order chi connectivity index (χ1) is 12.2. The average Bonchev–Trinajstić information content (AvgIpc) is 2.99. The molecule has 0 spiro atoms. The Bertz CT molecular complexity index is 951. The van der Waals surface area contributed by atoms with Gasteiger partial charge in [0, 0.05) is 24.5 Å². The van der Waals surface area contributed by atoms with Crippen molar-refractivity contribution >= 4 is 17.5 Å². The Hall–Kier alpha value is -3.26. The number of rotatable bonds is 3. The summed E-state index contributed by atoms with van der Waals surface area (Å²) in [5, 5.41) is 16.3. The van der Waals surface area contributed by atoms with E-state index in [4.69, 9.17) is 5.21 Å². The summed E-state index contributed by atoms with van der Waals surface area (Å²) in [6.07, 6.45) is 3.16. The number of aryl methyl sites for hydroxylation is 2. The third-order valence-corrected chi connectivity index (χ3v) is 4.23. The largest absolute Gasteiger partial charge is 0.324 e. The van der Waals surface area contributed by atoms with Crippen LogP contribution in [0.1, 0.15) is 21.6 Å². The van der Waals surface area contributed by atoms with E-state index in [1.165, 1.54) is 0 Å². The van der Waals surface area contributed by atoms with Crippen molar-refractivity contribution in [3.05, 3.63) is 53.3 Å². The predicted molar refractivity (Wildman–Crippen MR) is 90.6 cm³/mol. The number of amides is 1. The SMILES string of the molecule is Cn1nc(C(=O)NO)c2c1-c1nc(Nc3ccccc3)ncc1CC2. The zero-order valence-corrected chi connectivity index (χ0v) is 13.5. The molecule has 2 heterocycles. The average molecular weight is 336 g/mol. The first-order valence-electron chi connectivity index (χ1n) is 7.86. The van der Waals surface area contributed by atoms with E-state index in [0.29, 0.717) is 18.8 Å². The highest BCUT2D eigenvalue weighted by Gasteiger charge is 2.28. The molecule has 1 aromatic carbocycles. The minimum absolute atomic E-state index is 0.224. The summed E-state index contributed by atoms with van der Waals surface area (Å²) in [7, 11) is 1.76. The third kappa shape index (κ3) is 2.62. The molecule has 4 rings (SSSR count). The minimum Gasteiger partial charge on any atom is -0.324 e. The van der Waals surface area contributed by atoms with Gasteiger partial charge in [0.1, 0.15) is 0 Å². The number of fused-ring (bicyclic) bond motifs is 3. The molecule has 126 valence electrons. The monoisotopic (exact) mass is 336 g/mol. The molecule has 2 aromatic heterocycles. The molecule has 0 atom stereocenters. The number of aromatic nitrogens is 4. The molecule has 0 saturated carbocycles. The van der Waals surface area contributed by atoms with Gasteiger partial charge in [-0.1, -0.05) is 18.2 Å².